The van der Waals surface area contributed by atoms with Crippen LogP contribution in [0.5, 0.6) is 11.5 Å². The van der Waals surface area contributed by atoms with E-state index in [2.05, 4.69) is 25.7 Å². The summed E-state index contributed by atoms with van der Waals surface area (Å²) < 4.78 is 22.1. The van der Waals surface area contributed by atoms with Gasteiger partial charge in [0.05, 0.1) is 35.5 Å². The molecular weight excluding hydrogens is 260 g/mol. The van der Waals surface area contributed by atoms with Crippen LogP contribution in [-0.4, -0.2) is 35.5 Å². The summed E-state index contributed by atoms with van der Waals surface area (Å²) in [4.78, 5) is 0. The molecule has 1 aromatic rings. The summed E-state index contributed by atoms with van der Waals surface area (Å²) in [6.07, 6.45) is -0.276. The highest BCUT2D eigenvalue weighted by molar-refractivity contribution is 6.89. The van der Waals surface area contributed by atoms with E-state index in [1.54, 1.807) is 14.2 Å². The molecule has 1 saturated heterocycles. The molecule has 19 heavy (non-hydrogen) atoms. The van der Waals surface area contributed by atoms with Crippen LogP contribution in [0.1, 0.15) is 11.9 Å². The maximum atomic E-state index is 5.65. The lowest BCUT2D eigenvalue weighted by Crippen LogP contribution is -2.41. The Kier molecular flexibility index (Phi) is 4.18. The average Bonchev–Trinajstić information content (AvgIpc) is 2.89. The van der Waals surface area contributed by atoms with Gasteiger partial charge in [-0.05, 0) is 17.3 Å². The van der Waals surface area contributed by atoms with Crippen molar-refractivity contribution in [1.82, 2.24) is 0 Å². The number of benzene rings is 1. The summed E-state index contributed by atoms with van der Waals surface area (Å²) in [5.41, 5.74) is 1.08. The molecule has 1 heterocycles. The van der Waals surface area contributed by atoms with Gasteiger partial charge in [0.2, 0.25) is 0 Å². The monoisotopic (exact) mass is 282 g/mol. The second kappa shape index (κ2) is 5.52. The van der Waals surface area contributed by atoms with Crippen LogP contribution in [-0.2, 0) is 9.47 Å². The fourth-order valence-corrected chi connectivity index (χ4v) is 3.90. The Labute approximate surface area is 115 Å². The summed E-state index contributed by atoms with van der Waals surface area (Å²) in [6, 6.07) is 4.06. The first-order valence-corrected chi connectivity index (χ1v) is 9.97. The number of rotatable bonds is 4. The van der Waals surface area contributed by atoms with E-state index in [0.29, 0.717) is 13.2 Å². The lowest BCUT2D eigenvalue weighted by Gasteiger charge is -2.25. The third-order valence-corrected chi connectivity index (χ3v) is 5.29. The van der Waals surface area contributed by atoms with Crippen molar-refractivity contribution in [2.45, 2.75) is 25.9 Å². The Balaban J connectivity index is 2.54. The zero-order chi connectivity index (χ0) is 14.0. The van der Waals surface area contributed by atoms with Gasteiger partial charge in [0.1, 0.15) is 0 Å². The molecule has 0 unspecified atom stereocenters. The Bertz CT molecular complexity index is 447. The SMILES string of the molecule is COc1cc(C2OCCO2)c([Si](C)(C)C)cc1OC. The minimum absolute atomic E-state index is 0.276. The van der Waals surface area contributed by atoms with E-state index >= 15 is 0 Å². The first-order chi connectivity index (χ1) is 8.97. The Morgan fingerprint density at radius 1 is 1.00 bits per heavy atom. The molecule has 1 aromatic carbocycles. The van der Waals surface area contributed by atoms with E-state index in [9.17, 15) is 0 Å². The predicted octanol–water partition coefficient (Wildman–Crippen LogP) is 2.29. The van der Waals surface area contributed by atoms with Crippen molar-refractivity contribution in [3.63, 3.8) is 0 Å². The maximum absolute atomic E-state index is 5.65. The average molecular weight is 282 g/mol. The molecule has 1 fully saturated rings. The fourth-order valence-electron chi connectivity index (χ4n) is 2.28. The van der Waals surface area contributed by atoms with Crippen LogP contribution in [0.25, 0.3) is 0 Å². The highest BCUT2D eigenvalue weighted by Gasteiger charge is 2.29. The van der Waals surface area contributed by atoms with E-state index in [1.807, 2.05) is 6.07 Å². The molecule has 0 amide bonds. The lowest BCUT2D eigenvalue weighted by molar-refractivity contribution is -0.0435. The number of methoxy groups -OCH3 is 2. The van der Waals surface area contributed by atoms with Crippen molar-refractivity contribution < 1.29 is 18.9 Å². The van der Waals surface area contributed by atoms with Gasteiger partial charge in [0.15, 0.2) is 17.8 Å². The summed E-state index contributed by atoms with van der Waals surface area (Å²) in [5.74, 6) is 1.49. The molecule has 0 saturated carbocycles. The molecule has 1 aliphatic rings. The van der Waals surface area contributed by atoms with E-state index in [-0.39, 0.29) is 6.29 Å². The molecule has 0 spiro atoms. The topological polar surface area (TPSA) is 36.9 Å². The minimum Gasteiger partial charge on any atom is -0.493 e. The van der Waals surface area contributed by atoms with Crippen LogP contribution in [0, 0.1) is 0 Å². The van der Waals surface area contributed by atoms with Gasteiger partial charge in [-0.15, -0.1) is 0 Å². The predicted molar refractivity (Wildman–Crippen MR) is 77.2 cm³/mol. The Hall–Kier alpha value is -1.04. The van der Waals surface area contributed by atoms with Crippen LogP contribution in [0.15, 0.2) is 12.1 Å². The molecule has 0 N–H and O–H groups in total. The van der Waals surface area contributed by atoms with Crippen molar-refractivity contribution in [3.8, 4) is 11.5 Å². The molecule has 106 valence electrons. The quantitative estimate of drug-likeness (QED) is 0.794. The van der Waals surface area contributed by atoms with Gasteiger partial charge in [-0.3, -0.25) is 0 Å². The molecule has 4 nitrogen and oxygen atoms in total. The van der Waals surface area contributed by atoms with E-state index in [1.165, 1.54) is 5.19 Å². The molecule has 2 rings (SSSR count). The molecule has 0 aliphatic carbocycles. The van der Waals surface area contributed by atoms with Crippen molar-refractivity contribution in [2.75, 3.05) is 27.4 Å². The van der Waals surface area contributed by atoms with E-state index < -0.39 is 8.07 Å². The van der Waals surface area contributed by atoms with Crippen LogP contribution < -0.4 is 14.7 Å². The van der Waals surface area contributed by atoms with Crippen molar-refractivity contribution in [2.24, 2.45) is 0 Å². The molecule has 0 bridgehead atoms. The normalized spacial score (nSPS) is 16.7. The van der Waals surface area contributed by atoms with Gasteiger partial charge in [-0.1, -0.05) is 19.6 Å². The number of ether oxygens (including phenoxy) is 4. The second-order valence-electron chi connectivity index (χ2n) is 5.62. The van der Waals surface area contributed by atoms with Gasteiger partial charge in [0.25, 0.3) is 0 Å². The van der Waals surface area contributed by atoms with Crippen molar-refractivity contribution in [3.05, 3.63) is 17.7 Å². The molecule has 0 atom stereocenters. The fraction of sp³-hybridized carbons (Fsp3) is 0.571. The standard InChI is InChI=1S/C14H22O4Si/c1-15-11-8-10(14-17-6-7-18-14)13(19(3,4)5)9-12(11)16-2/h8-9,14H,6-7H2,1-5H3. The third-order valence-electron chi connectivity index (χ3n) is 3.24. The zero-order valence-electron chi connectivity index (χ0n) is 12.3. The first kappa shape index (κ1) is 14.4. The van der Waals surface area contributed by atoms with Crippen LogP contribution >= 0.6 is 0 Å². The van der Waals surface area contributed by atoms with Crippen LogP contribution in [0.4, 0.5) is 0 Å². The highest BCUT2D eigenvalue weighted by Crippen LogP contribution is 2.33. The highest BCUT2D eigenvalue weighted by atomic mass is 28.3. The number of hydrogen-bond donors (Lipinski definition) is 0. The maximum Gasteiger partial charge on any atom is 0.184 e. The summed E-state index contributed by atoms with van der Waals surface area (Å²) in [5, 5.41) is 1.29. The summed E-state index contributed by atoms with van der Waals surface area (Å²) >= 11 is 0. The molecule has 5 heteroatoms. The van der Waals surface area contributed by atoms with Crippen LogP contribution in [0.2, 0.25) is 19.6 Å². The molecule has 0 radical (unpaired) electrons. The molecule has 0 aromatic heterocycles. The van der Waals surface area contributed by atoms with Crippen LogP contribution in [0.3, 0.4) is 0 Å². The minimum atomic E-state index is -1.52. The summed E-state index contributed by atoms with van der Waals surface area (Å²) in [7, 11) is 1.78. The van der Waals surface area contributed by atoms with Crippen molar-refractivity contribution >= 4 is 13.3 Å². The van der Waals surface area contributed by atoms with Gasteiger partial charge in [0, 0.05) is 5.56 Å². The first-order valence-electron chi connectivity index (χ1n) is 6.47. The zero-order valence-corrected chi connectivity index (χ0v) is 13.3. The van der Waals surface area contributed by atoms with Gasteiger partial charge < -0.3 is 18.9 Å². The smallest absolute Gasteiger partial charge is 0.184 e. The number of hydrogen-bond acceptors (Lipinski definition) is 4. The summed E-state index contributed by atoms with van der Waals surface area (Å²) in [6.45, 7) is 8.18. The van der Waals surface area contributed by atoms with Crippen molar-refractivity contribution in [1.29, 1.82) is 0 Å². The Morgan fingerprint density at radius 2 is 1.53 bits per heavy atom. The van der Waals surface area contributed by atoms with Gasteiger partial charge in [-0.25, -0.2) is 0 Å². The second-order valence-corrected chi connectivity index (χ2v) is 10.7. The largest absolute Gasteiger partial charge is 0.493 e. The van der Waals surface area contributed by atoms with Gasteiger partial charge >= 0.3 is 0 Å². The van der Waals surface area contributed by atoms with Gasteiger partial charge in [-0.2, -0.15) is 0 Å². The third kappa shape index (κ3) is 2.93. The Morgan fingerprint density at radius 3 is 2.00 bits per heavy atom. The van der Waals surface area contributed by atoms with E-state index in [4.69, 9.17) is 18.9 Å². The molecular formula is C14H22O4Si. The van der Waals surface area contributed by atoms with E-state index in [0.717, 1.165) is 17.1 Å². The lowest BCUT2D eigenvalue weighted by atomic mass is 10.2. The molecule has 1 aliphatic heterocycles.